The number of carbonyl (C=O) groups excluding carboxylic acids is 3. The molecule has 22 heavy (non-hydrogen) atoms. The zero-order valence-electron chi connectivity index (χ0n) is 14.8. The molecule has 9 heteroatoms. The van der Waals surface area contributed by atoms with Crippen molar-refractivity contribution in [2.24, 2.45) is 0 Å². The SMILES string of the molecule is [2H]CC(=O)O[C@H]1[C@H](OC(=O)C[2H])[C@@H](CO)OC(C)(Br)[C@@H]1OC(=O)C[2H]. The zero-order valence-corrected chi connectivity index (χ0v) is 13.4. The summed E-state index contributed by atoms with van der Waals surface area (Å²) in [5.41, 5.74) is 0. The smallest absolute Gasteiger partial charge is 0.303 e. The highest BCUT2D eigenvalue weighted by Gasteiger charge is 2.56. The van der Waals surface area contributed by atoms with Crippen molar-refractivity contribution >= 4 is 33.8 Å². The average Bonchev–Trinajstić information content (AvgIpc) is 2.59. The van der Waals surface area contributed by atoms with Crippen molar-refractivity contribution < 1.29 is 42.5 Å². The third-order valence-electron chi connectivity index (χ3n) is 2.85. The maximum absolute atomic E-state index is 11.6. The Morgan fingerprint density at radius 2 is 1.64 bits per heavy atom. The number of rotatable bonds is 4. The van der Waals surface area contributed by atoms with E-state index in [-0.39, 0.29) is 0 Å². The molecule has 1 aliphatic rings. The van der Waals surface area contributed by atoms with Crippen LogP contribution in [0, 0.1) is 0 Å². The highest BCUT2D eigenvalue weighted by molar-refractivity contribution is 9.10. The summed E-state index contributed by atoms with van der Waals surface area (Å²) in [6.45, 7) is -1.36. The molecule has 0 aliphatic carbocycles. The van der Waals surface area contributed by atoms with Crippen LogP contribution in [0.25, 0.3) is 0 Å². The van der Waals surface area contributed by atoms with Gasteiger partial charge in [0, 0.05) is 24.8 Å². The van der Waals surface area contributed by atoms with Gasteiger partial charge >= 0.3 is 17.9 Å². The normalized spacial score (nSPS) is 36.4. The lowest BCUT2D eigenvalue weighted by Crippen LogP contribution is -2.64. The molecule has 0 aromatic heterocycles. The average molecular weight is 386 g/mol. The first-order chi connectivity index (χ1) is 11.7. The first kappa shape index (κ1) is 14.4. The maximum atomic E-state index is 11.6. The Bertz CT molecular complexity index is 504. The minimum absolute atomic E-state index is 0.620. The predicted octanol–water partition coefficient (Wildman–Crippen LogP) is 0.284. The topological polar surface area (TPSA) is 108 Å². The molecule has 0 aromatic rings. The van der Waals surface area contributed by atoms with Gasteiger partial charge in [-0.3, -0.25) is 14.4 Å². The standard InChI is InChI=1S/C13H19BrO8/c1-6(16)19-10-9(5-15)22-13(4,14)12(21-8(3)18)11(10)20-7(2)17/h9-12,15H,5H2,1-4H3/t9-,10-,11+,12-,13?/m1/s1/i1D,2D,3D. The van der Waals surface area contributed by atoms with Gasteiger partial charge in [-0.25, -0.2) is 0 Å². The van der Waals surface area contributed by atoms with Crippen molar-refractivity contribution in [3.63, 3.8) is 0 Å². The minimum atomic E-state index is -1.43. The lowest BCUT2D eigenvalue weighted by atomic mass is 9.95. The Balaban J connectivity index is 3.24. The maximum Gasteiger partial charge on any atom is 0.303 e. The van der Waals surface area contributed by atoms with E-state index in [1.807, 2.05) is 0 Å². The number of hydrogen-bond donors (Lipinski definition) is 1. The van der Waals surface area contributed by atoms with E-state index in [0.29, 0.717) is 0 Å². The van der Waals surface area contributed by atoms with Gasteiger partial charge in [-0.05, 0) is 6.92 Å². The molecule has 1 fully saturated rings. The quantitative estimate of drug-likeness (QED) is 0.417. The Morgan fingerprint density at radius 1 is 1.14 bits per heavy atom. The van der Waals surface area contributed by atoms with Crippen molar-refractivity contribution in [1.82, 2.24) is 0 Å². The van der Waals surface area contributed by atoms with Gasteiger partial charge in [0.1, 0.15) is 6.10 Å². The van der Waals surface area contributed by atoms with Gasteiger partial charge in [-0.15, -0.1) is 0 Å². The fraction of sp³-hybridized carbons (Fsp3) is 0.769. The van der Waals surface area contributed by atoms with Gasteiger partial charge in [-0.1, -0.05) is 15.9 Å². The lowest BCUT2D eigenvalue weighted by molar-refractivity contribution is -0.255. The van der Waals surface area contributed by atoms with Crippen LogP contribution in [0.4, 0.5) is 0 Å². The number of aliphatic hydroxyl groups excluding tert-OH is 1. The molecule has 1 heterocycles. The molecule has 0 radical (unpaired) electrons. The fourth-order valence-electron chi connectivity index (χ4n) is 2.14. The summed E-state index contributed by atoms with van der Waals surface area (Å²) in [4.78, 5) is 34.7. The van der Waals surface area contributed by atoms with Crippen molar-refractivity contribution in [3.05, 3.63) is 0 Å². The number of hydrogen-bond acceptors (Lipinski definition) is 8. The van der Waals surface area contributed by atoms with E-state index < -0.39 is 74.1 Å². The molecular weight excluding hydrogens is 364 g/mol. The van der Waals surface area contributed by atoms with Crippen LogP contribution in [0.2, 0.25) is 0 Å². The molecule has 0 spiro atoms. The molecule has 0 bridgehead atoms. The Hall–Kier alpha value is -1.19. The van der Waals surface area contributed by atoms with E-state index in [1.54, 1.807) is 0 Å². The zero-order chi connectivity index (χ0) is 19.2. The van der Waals surface area contributed by atoms with Gasteiger partial charge in [0.15, 0.2) is 22.8 Å². The van der Waals surface area contributed by atoms with Crippen LogP contribution in [0.3, 0.4) is 0 Å². The summed E-state index contributed by atoms with van der Waals surface area (Å²) >= 11 is 3.17. The fourth-order valence-corrected chi connectivity index (χ4v) is 2.73. The highest BCUT2D eigenvalue weighted by atomic mass is 79.9. The van der Waals surface area contributed by atoms with E-state index in [4.69, 9.17) is 23.1 Å². The molecule has 8 nitrogen and oxygen atoms in total. The molecule has 0 aromatic carbocycles. The molecule has 0 saturated carbocycles. The highest BCUT2D eigenvalue weighted by Crippen LogP contribution is 2.39. The first-order valence-corrected chi connectivity index (χ1v) is 6.93. The van der Waals surface area contributed by atoms with Crippen LogP contribution >= 0.6 is 15.9 Å². The van der Waals surface area contributed by atoms with E-state index in [2.05, 4.69) is 15.9 Å². The van der Waals surface area contributed by atoms with Crippen LogP contribution in [0.15, 0.2) is 0 Å². The predicted molar refractivity (Wildman–Crippen MR) is 76.0 cm³/mol. The molecule has 0 amide bonds. The number of aliphatic hydroxyl groups is 1. The van der Waals surface area contributed by atoms with E-state index in [1.165, 1.54) is 6.92 Å². The van der Waals surface area contributed by atoms with E-state index in [9.17, 15) is 19.5 Å². The molecule has 1 saturated heterocycles. The third kappa shape index (κ3) is 4.65. The molecule has 1 unspecified atom stereocenters. The second-order valence-corrected chi connectivity index (χ2v) is 6.22. The summed E-state index contributed by atoms with van der Waals surface area (Å²) in [6, 6.07) is 0. The number of carbonyl (C=O) groups is 3. The summed E-state index contributed by atoms with van der Waals surface area (Å²) in [7, 11) is 0. The van der Waals surface area contributed by atoms with Gasteiger partial charge in [0.05, 0.1) is 6.61 Å². The monoisotopic (exact) mass is 385 g/mol. The third-order valence-corrected chi connectivity index (χ3v) is 3.49. The van der Waals surface area contributed by atoms with Gasteiger partial charge < -0.3 is 24.1 Å². The molecule has 5 atom stereocenters. The molecular formula is C13H19BrO8. The minimum Gasteiger partial charge on any atom is -0.456 e. The van der Waals surface area contributed by atoms with Crippen molar-refractivity contribution in [2.45, 2.75) is 56.5 Å². The van der Waals surface area contributed by atoms with Crippen LogP contribution in [0.1, 0.15) is 31.7 Å². The van der Waals surface area contributed by atoms with Crippen LogP contribution < -0.4 is 0 Å². The number of alkyl halides is 1. The van der Waals surface area contributed by atoms with Crippen LogP contribution in [0.5, 0.6) is 0 Å². The van der Waals surface area contributed by atoms with Gasteiger partial charge in [0.2, 0.25) is 0 Å². The van der Waals surface area contributed by atoms with E-state index >= 15 is 0 Å². The number of esters is 3. The van der Waals surface area contributed by atoms with Crippen LogP contribution in [-0.2, 0) is 33.3 Å². The second-order valence-electron chi connectivity index (χ2n) is 4.64. The van der Waals surface area contributed by atoms with Crippen molar-refractivity contribution in [1.29, 1.82) is 0 Å². The Labute approximate surface area is 140 Å². The first-order valence-electron chi connectivity index (χ1n) is 8.26. The number of halogens is 1. The van der Waals surface area contributed by atoms with Crippen LogP contribution in [-0.4, -0.2) is 58.5 Å². The lowest BCUT2D eigenvalue weighted by Gasteiger charge is -2.47. The summed E-state index contributed by atoms with van der Waals surface area (Å²) in [6.07, 6.45) is -5.24. The number of ether oxygens (including phenoxy) is 4. The second kappa shape index (κ2) is 7.38. The van der Waals surface area contributed by atoms with Crippen molar-refractivity contribution in [2.75, 3.05) is 6.61 Å². The molecule has 1 rings (SSSR count). The Kier molecular flexibility index (Phi) is 4.83. The summed E-state index contributed by atoms with van der Waals surface area (Å²) < 4.78 is 40.5. The summed E-state index contributed by atoms with van der Waals surface area (Å²) in [5.74, 6) is -2.90. The van der Waals surface area contributed by atoms with Gasteiger partial charge in [-0.2, -0.15) is 0 Å². The van der Waals surface area contributed by atoms with Crippen molar-refractivity contribution in [3.8, 4) is 0 Å². The van der Waals surface area contributed by atoms with E-state index in [0.717, 1.165) is 0 Å². The molecule has 126 valence electrons. The largest absolute Gasteiger partial charge is 0.456 e. The Morgan fingerprint density at radius 3 is 2.14 bits per heavy atom. The van der Waals surface area contributed by atoms with Gasteiger partial charge in [0.25, 0.3) is 0 Å². The summed E-state index contributed by atoms with van der Waals surface area (Å²) in [5, 5.41) is 9.50. The molecule has 1 aliphatic heterocycles. The molecule has 1 N–H and O–H groups in total.